The molecule has 2 fully saturated rings. The fourth-order valence-corrected chi connectivity index (χ4v) is 3.12. The summed E-state index contributed by atoms with van der Waals surface area (Å²) >= 11 is 0. The van der Waals surface area contributed by atoms with Crippen LogP contribution in [0.2, 0.25) is 0 Å². The van der Waals surface area contributed by atoms with E-state index in [1.807, 2.05) is 27.8 Å². The topological polar surface area (TPSA) is 69.2 Å². The molecule has 24 heavy (non-hydrogen) atoms. The number of nitrogens with zero attached hydrogens (tertiary/aromatic N) is 3. The number of carbonyl (C=O) groups is 1. The first-order chi connectivity index (χ1) is 11.4. The van der Waals surface area contributed by atoms with Gasteiger partial charge in [-0.2, -0.15) is 0 Å². The van der Waals surface area contributed by atoms with Gasteiger partial charge in [0.25, 0.3) is 0 Å². The van der Waals surface area contributed by atoms with Gasteiger partial charge in [0.15, 0.2) is 5.96 Å². The van der Waals surface area contributed by atoms with Gasteiger partial charge in [0.05, 0.1) is 13.2 Å². The Hall–Kier alpha value is -1.34. The molecule has 0 aliphatic carbocycles. The van der Waals surface area contributed by atoms with E-state index in [-0.39, 0.29) is 11.3 Å². The third-order valence-corrected chi connectivity index (χ3v) is 4.61. The maximum absolute atomic E-state index is 11.9. The summed E-state index contributed by atoms with van der Waals surface area (Å²) in [5.41, 5.74) is -0.345. The van der Waals surface area contributed by atoms with E-state index in [1.165, 1.54) is 6.42 Å². The first kappa shape index (κ1) is 19.0. The van der Waals surface area contributed by atoms with Crippen LogP contribution in [0.25, 0.3) is 0 Å². The molecular formula is C17H33N5O2. The average Bonchev–Trinajstić information content (AvgIpc) is 3.04. The van der Waals surface area contributed by atoms with Crippen LogP contribution >= 0.6 is 0 Å². The predicted octanol–water partition coefficient (Wildman–Crippen LogP) is 0.131. The molecular weight excluding hydrogens is 306 g/mol. The molecule has 0 spiro atoms. The monoisotopic (exact) mass is 339 g/mol. The number of morpholine rings is 1. The van der Waals surface area contributed by atoms with Crippen LogP contribution in [-0.2, 0) is 9.53 Å². The third kappa shape index (κ3) is 5.34. The van der Waals surface area contributed by atoms with Crippen LogP contribution in [0.3, 0.4) is 0 Å². The van der Waals surface area contributed by atoms with Crippen molar-refractivity contribution in [1.82, 2.24) is 20.4 Å². The van der Waals surface area contributed by atoms with E-state index in [2.05, 4.69) is 25.4 Å². The first-order valence-electron chi connectivity index (χ1n) is 8.97. The summed E-state index contributed by atoms with van der Waals surface area (Å²) in [6.45, 7) is 12.8. The van der Waals surface area contributed by atoms with Crippen molar-refractivity contribution in [3.05, 3.63) is 0 Å². The smallest absolute Gasteiger partial charge is 0.225 e. The molecule has 0 aromatic carbocycles. The van der Waals surface area contributed by atoms with Gasteiger partial charge in [-0.15, -0.1) is 0 Å². The minimum Gasteiger partial charge on any atom is -0.379 e. The number of nitrogens with one attached hydrogen (secondary N) is 2. The molecule has 138 valence electrons. The van der Waals surface area contributed by atoms with Gasteiger partial charge in [-0.25, -0.2) is 0 Å². The van der Waals surface area contributed by atoms with Crippen LogP contribution in [0.1, 0.15) is 27.2 Å². The highest BCUT2D eigenvalue weighted by atomic mass is 16.5. The summed E-state index contributed by atoms with van der Waals surface area (Å²) in [6, 6.07) is 0.591. The van der Waals surface area contributed by atoms with Gasteiger partial charge in [0.2, 0.25) is 5.91 Å². The fraction of sp³-hybridized carbons (Fsp3) is 0.882. The van der Waals surface area contributed by atoms with Gasteiger partial charge in [0.1, 0.15) is 0 Å². The van der Waals surface area contributed by atoms with Gasteiger partial charge >= 0.3 is 0 Å². The van der Waals surface area contributed by atoms with Gasteiger partial charge in [-0.05, 0) is 6.42 Å². The Labute approximate surface area is 145 Å². The summed E-state index contributed by atoms with van der Waals surface area (Å²) in [6.07, 6.45) is 1.17. The second kappa shape index (κ2) is 8.67. The van der Waals surface area contributed by atoms with Crippen molar-refractivity contribution in [2.24, 2.45) is 10.4 Å². The van der Waals surface area contributed by atoms with Crippen LogP contribution < -0.4 is 10.6 Å². The Kier molecular flexibility index (Phi) is 6.86. The summed E-state index contributed by atoms with van der Waals surface area (Å²) in [4.78, 5) is 21.1. The third-order valence-electron chi connectivity index (χ3n) is 4.61. The Morgan fingerprint density at radius 2 is 1.83 bits per heavy atom. The van der Waals surface area contributed by atoms with E-state index in [1.54, 1.807) is 0 Å². The number of rotatable bonds is 4. The maximum Gasteiger partial charge on any atom is 0.225 e. The van der Waals surface area contributed by atoms with Crippen LogP contribution in [-0.4, -0.2) is 87.2 Å². The highest BCUT2D eigenvalue weighted by Gasteiger charge is 2.30. The lowest BCUT2D eigenvalue weighted by Crippen LogP contribution is -2.47. The van der Waals surface area contributed by atoms with Crippen molar-refractivity contribution in [3.63, 3.8) is 0 Å². The molecule has 2 aliphatic rings. The number of hydrogen-bond acceptors (Lipinski definition) is 4. The molecule has 0 aromatic heterocycles. The quantitative estimate of drug-likeness (QED) is 0.433. The van der Waals surface area contributed by atoms with E-state index < -0.39 is 0 Å². The lowest BCUT2D eigenvalue weighted by molar-refractivity contribution is -0.128. The molecule has 1 amide bonds. The lowest BCUT2D eigenvalue weighted by atomic mass is 9.96. The van der Waals surface area contributed by atoms with Gasteiger partial charge < -0.3 is 20.3 Å². The van der Waals surface area contributed by atoms with E-state index >= 15 is 0 Å². The van der Waals surface area contributed by atoms with Crippen LogP contribution in [0.15, 0.2) is 4.99 Å². The molecule has 0 radical (unpaired) electrons. The maximum atomic E-state index is 11.9. The summed E-state index contributed by atoms with van der Waals surface area (Å²) in [7, 11) is 1.82. The van der Waals surface area contributed by atoms with Crippen LogP contribution in [0, 0.1) is 5.41 Å². The summed E-state index contributed by atoms with van der Waals surface area (Å²) in [5, 5.41) is 6.32. The Bertz CT molecular complexity index is 441. The molecule has 0 aromatic rings. The SMILES string of the molecule is CN=C(NCCNC(=O)C(C)(C)C)N1CCC(N2CCOCC2)C1. The van der Waals surface area contributed by atoms with Crippen molar-refractivity contribution >= 4 is 11.9 Å². The van der Waals surface area contributed by atoms with Gasteiger partial charge in [-0.3, -0.25) is 14.7 Å². The minimum atomic E-state index is -0.345. The number of aliphatic imine (C=N–C) groups is 1. The molecule has 7 heteroatoms. The zero-order chi connectivity index (χ0) is 17.6. The number of amides is 1. The molecule has 2 saturated heterocycles. The molecule has 2 heterocycles. The minimum absolute atomic E-state index is 0.0767. The number of hydrogen-bond donors (Lipinski definition) is 2. The van der Waals surface area contributed by atoms with Crippen molar-refractivity contribution in [1.29, 1.82) is 0 Å². The van der Waals surface area contributed by atoms with Crippen molar-refractivity contribution in [2.45, 2.75) is 33.2 Å². The van der Waals surface area contributed by atoms with Gasteiger partial charge in [-0.1, -0.05) is 20.8 Å². The largest absolute Gasteiger partial charge is 0.379 e. The number of carbonyl (C=O) groups excluding carboxylic acids is 1. The molecule has 0 saturated carbocycles. The second-order valence-corrected chi connectivity index (χ2v) is 7.52. The van der Waals surface area contributed by atoms with Crippen molar-refractivity contribution in [2.75, 3.05) is 59.5 Å². The molecule has 2 aliphatic heterocycles. The highest BCUT2D eigenvalue weighted by molar-refractivity contribution is 5.82. The summed E-state index contributed by atoms with van der Waals surface area (Å²) < 4.78 is 5.44. The molecule has 7 nitrogen and oxygen atoms in total. The van der Waals surface area contributed by atoms with E-state index in [4.69, 9.17) is 4.74 Å². The molecule has 1 atom stereocenters. The predicted molar refractivity (Wildman–Crippen MR) is 96.2 cm³/mol. The average molecular weight is 339 g/mol. The van der Waals surface area contributed by atoms with E-state index in [9.17, 15) is 4.79 Å². The zero-order valence-corrected chi connectivity index (χ0v) is 15.6. The Balaban J connectivity index is 1.71. The zero-order valence-electron chi connectivity index (χ0n) is 15.6. The van der Waals surface area contributed by atoms with Crippen molar-refractivity contribution in [3.8, 4) is 0 Å². The first-order valence-corrected chi connectivity index (χ1v) is 8.97. The number of ether oxygens (including phenoxy) is 1. The van der Waals surface area contributed by atoms with Crippen LogP contribution in [0.5, 0.6) is 0 Å². The molecule has 2 rings (SSSR count). The molecule has 2 N–H and O–H groups in total. The van der Waals surface area contributed by atoms with E-state index in [0.29, 0.717) is 19.1 Å². The second-order valence-electron chi connectivity index (χ2n) is 7.52. The highest BCUT2D eigenvalue weighted by Crippen LogP contribution is 2.17. The number of likely N-dealkylation sites (tertiary alicyclic amines) is 1. The van der Waals surface area contributed by atoms with E-state index in [0.717, 1.165) is 45.4 Å². The standard InChI is InChI=1S/C17H33N5O2/c1-17(2,3)15(23)19-6-7-20-16(18-4)22-8-5-14(13-22)21-9-11-24-12-10-21/h14H,5-13H2,1-4H3,(H,18,20)(H,19,23). The van der Waals surface area contributed by atoms with Crippen LogP contribution in [0.4, 0.5) is 0 Å². The molecule has 1 unspecified atom stereocenters. The van der Waals surface area contributed by atoms with Crippen molar-refractivity contribution < 1.29 is 9.53 Å². The summed E-state index contributed by atoms with van der Waals surface area (Å²) in [5.74, 6) is 1.00. The van der Waals surface area contributed by atoms with Gasteiger partial charge in [0, 0.05) is 57.8 Å². The fourth-order valence-electron chi connectivity index (χ4n) is 3.12. The Morgan fingerprint density at radius 3 is 2.46 bits per heavy atom. The lowest BCUT2D eigenvalue weighted by Gasteiger charge is -2.32. The number of guanidine groups is 1. The Morgan fingerprint density at radius 1 is 1.17 bits per heavy atom. The normalized spacial score (nSPS) is 23.4. The molecule has 0 bridgehead atoms.